The molecule has 1 N–H and O–H groups in total. The van der Waals surface area contributed by atoms with E-state index in [2.05, 4.69) is 28.9 Å². The molecule has 0 radical (unpaired) electrons. The average Bonchev–Trinajstić information content (AvgIpc) is 2.97. The SMILES string of the molecule is CCCCC(=O)NCc1nc2c(n1-c1ccccc1)CCCC2. The van der Waals surface area contributed by atoms with Crippen molar-refractivity contribution in [2.45, 2.75) is 58.4 Å². The molecule has 0 unspecified atom stereocenters. The van der Waals surface area contributed by atoms with Crippen molar-refractivity contribution in [1.29, 1.82) is 0 Å². The first-order chi connectivity index (χ1) is 11.3. The van der Waals surface area contributed by atoms with Gasteiger partial charge in [-0.25, -0.2) is 4.98 Å². The van der Waals surface area contributed by atoms with Gasteiger partial charge >= 0.3 is 0 Å². The van der Waals surface area contributed by atoms with Gasteiger partial charge in [-0.1, -0.05) is 31.5 Å². The van der Waals surface area contributed by atoms with E-state index in [4.69, 9.17) is 4.98 Å². The van der Waals surface area contributed by atoms with E-state index >= 15 is 0 Å². The Morgan fingerprint density at radius 3 is 2.78 bits per heavy atom. The van der Waals surface area contributed by atoms with Crippen LogP contribution in [0.15, 0.2) is 30.3 Å². The first-order valence-corrected chi connectivity index (χ1v) is 8.71. The number of amides is 1. The lowest BCUT2D eigenvalue weighted by Gasteiger charge is -2.15. The number of aryl methyl sites for hydroxylation is 1. The third kappa shape index (κ3) is 3.63. The third-order valence-electron chi connectivity index (χ3n) is 4.42. The summed E-state index contributed by atoms with van der Waals surface area (Å²) in [4.78, 5) is 16.7. The zero-order valence-electron chi connectivity index (χ0n) is 13.8. The number of hydrogen-bond donors (Lipinski definition) is 1. The molecule has 0 spiro atoms. The number of benzene rings is 1. The number of carbonyl (C=O) groups excluding carboxylic acids is 1. The maximum absolute atomic E-state index is 11.9. The maximum Gasteiger partial charge on any atom is 0.220 e. The van der Waals surface area contributed by atoms with Crippen LogP contribution in [0, 0.1) is 0 Å². The standard InChI is InChI=1S/C19H25N3O/c1-2-3-13-19(23)20-14-18-21-16-11-7-8-12-17(16)22(18)15-9-5-4-6-10-15/h4-6,9-10H,2-3,7-8,11-14H2,1H3,(H,20,23). The van der Waals surface area contributed by atoms with Crippen LogP contribution in [-0.4, -0.2) is 15.5 Å². The zero-order chi connectivity index (χ0) is 16.1. The summed E-state index contributed by atoms with van der Waals surface area (Å²) in [5, 5.41) is 3.03. The fraction of sp³-hybridized carbons (Fsp3) is 0.474. The van der Waals surface area contributed by atoms with Crippen molar-refractivity contribution in [2.75, 3.05) is 0 Å². The van der Waals surface area contributed by atoms with Crippen molar-refractivity contribution in [1.82, 2.24) is 14.9 Å². The lowest BCUT2D eigenvalue weighted by Crippen LogP contribution is -2.24. The summed E-state index contributed by atoms with van der Waals surface area (Å²) in [5.41, 5.74) is 3.67. The Morgan fingerprint density at radius 2 is 2.00 bits per heavy atom. The van der Waals surface area contributed by atoms with Crippen LogP contribution in [0.25, 0.3) is 5.69 Å². The number of carbonyl (C=O) groups is 1. The van der Waals surface area contributed by atoms with Crippen molar-refractivity contribution in [3.05, 3.63) is 47.5 Å². The number of nitrogens with zero attached hydrogens (tertiary/aromatic N) is 2. The fourth-order valence-corrected chi connectivity index (χ4v) is 3.20. The van der Waals surface area contributed by atoms with E-state index < -0.39 is 0 Å². The Labute approximate surface area is 137 Å². The number of para-hydroxylation sites is 1. The second-order valence-corrected chi connectivity index (χ2v) is 6.18. The molecule has 4 nitrogen and oxygen atoms in total. The van der Waals surface area contributed by atoms with Gasteiger partial charge < -0.3 is 5.32 Å². The smallest absolute Gasteiger partial charge is 0.220 e. The lowest BCUT2D eigenvalue weighted by atomic mass is 10.0. The molecule has 0 atom stereocenters. The molecule has 0 saturated heterocycles. The summed E-state index contributed by atoms with van der Waals surface area (Å²) >= 11 is 0. The van der Waals surface area contributed by atoms with Gasteiger partial charge in [-0.05, 0) is 44.2 Å². The highest BCUT2D eigenvalue weighted by Gasteiger charge is 2.21. The van der Waals surface area contributed by atoms with Gasteiger partial charge in [-0.2, -0.15) is 0 Å². The minimum absolute atomic E-state index is 0.118. The molecule has 2 aromatic rings. The van der Waals surface area contributed by atoms with Crippen LogP contribution in [0.5, 0.6) is 0 Å². The van der Waals surface area contributed by atoms with Gasteiger partial charge in [0.1, 0.15) is 5.82 Å². The number of imidazole rings is 1. The van der Waals surface area contributed by atoms with Gasteiger partial charge in [-0.15, -0.1) is 0 Å². The van der Waals surface area contributed by atoms with Crippen LogP contribution in [0.1, 0.15) is 56.2 Å². The highest BCUT2D eigenvalue weighted by molar-refractivity contribution is 5.75. The van der Waals surface area contributed by atoms with Gasteiger partial charge in [0.15, 0.2) is 0 Å². The average molecular weight is 311 g/mol. The number of hydrogen-bond acceptors (Lipinski definition) is 2. The first kappa shape index (κ1) is 15.8. The number of unbranched alkanes of at least 4 members (excludes halogenated alkanes) is 1. The summed E-state index contributed by atoms with van der Waals surface area (Å²) in [7, 11) is 0. The number of rotatable bonds is 6. The molecule has 0 bridgehead atoms. The second kappa shape index (κ2) is 7.44. The van der Waals surface area contributed by atoms with E-state index in [0.717, 1.165) is 37.2 Å². The molecule has 1 heterocycles. The van der Waals surface area contributed by atoms with Crippen molar-refractivity contribution < 1.29 is 4.79 Å². The number of nitrogens with one attached hydrogen (secondary N) is 1. The predicted octanol–water partition coefficient (Wildman–Crippen LogP) is 3.56. The van der Waals surface area contributed by atoms with E-state index in [-0.39, 0.29) is 5.91 Å². The molecule has 1 aliphatic carbocycles. The lowest BCUT2D eigenvalue weighted by molar-refractivity contribution is -0.121. The summed E-state index contributed by atoms with van der Waals surface area (Å²) in [5.74, 6) is 1.07. The molecule has 122 valence electrons. The molecular weight excluding hydrogens is 286 g/mol. The van der Waals surface area contributed by atoms with E-state index in [1.54, 1.807) is 0 Å². The summed E-state index contributed by atoms with van der Waals surface area (Å²) in [6.45, 7) is 2.61. The molecule has 1 aromatic carbocycles. The molecule has 1 aliphatic rings. The maximum atomic E-state index is 11.9. The third-order valence-corrected chi connectivity index (χ3v) is 4.42. The predicted molar refractivity (Wildman–Crippen MR) is 91.6 cm³/mol. The van der Waals surface area contributed by atoms with E-state index in [9.17, 15) is 4.79 Å². The van der Waals surface area contributed by atoms with Gasteiger partial charge in [0.2, 0.25) is 5.91 Å². The molecule has 0 saturated carbocycles. The van der Waals surface area contributed by atoms with Crippen molar-refractivity contribution >= 4 is 5.91 Å². The topological polar surface area (TPSA) is 46.9 Å². The minimum atomic E-state index is 0.118. The van der Waals surface area contributed by atoms with E-state index in [1.165, 1.54) is 24.2 Å². The number of aromatic nitrogens is 2. The molecule has 0 fully saturated rings. The van der Waals surface area contributed by atoms with Gasteiger partial charge in [0.25, 0.3) is 0 Å². The molecule has 0 aliphatic heterocycles. The Balaban J connectivity index is 1.84. The zero-order valence-corrected chi connectivity index (χ0v) is 13.8. The molecular formula is C19H25N3O. The quantitative estimate of drug-likeness (QED) is 0.886. The first-order valence-electron chi connectivity index (χ1n) is 8.71. The Hall–Kier alpha value is -2.10. The van der Waals surface area contributed by atoms with Crippen molar-refractivity contribution in [3.63, 3.8) is 0 Å². The Bertz CT molecular complexity index is 661. The van der Waals surface area contributed by atoms with Crippen LogP contribution in [0.4, 0.5) is 0 Å². The van der Waals surface area contributed by atoms with E-state index in [1.807, 2.05) is 18.2 Å². The molecule has 3 rings (SSSR count). The summed E-state index contributed by atoms with van der Waals surface area (Å²) < 4.78 is 2.24. The van der Waals surface area contributed by atoms with Crippen LogP contribution in [-0.2, 0) is 24.2 Å². The summed E-state index contributed by atoms with van der Waals surface area (Å²) in [6, 6.07) is 10.3. The minimum Gasteiger partial charge on any atom is -0.349 e. The van der Waals surface area contributed by atoms with Gasteiger partial charge in [0.05, 0.1) is 12.2 Å². The monoisotopic (exact) mass is 311 g/mol. The largest absolute Gasteiger partial charge is 0.349 e. The molecule has 23 heavy (non-hydrogen) atoms. The summed E-state index contributed by atoms with van der Waals surface area (Å²) in [6.07, 6.45) is 7.12. The molecule has 1 aromatic heterocycles. The van der Waals surface area contributed by atoms with Crippen molar-refractivity contribution in [2.24, 2.45) is 0 Å². The van der Waals surface area contributed by atoms with Crippen LogP contribution < -0.4 is 5.32 Å². The van der Waals surface area contributed by atoms with Gasteiger partial charge in [0, 0.05) is 17.8 Å². The van der Waals surface area contributed by atoms with Crippen LogP contribution in [0.3, 0.4) is 0 Å². The van der Waals surface area contributed by atoms with Gasteiger partial charge in [-0.3, -0.25) is 9.36 Å². The fourth-order valence-electron chi connectivity index (χ4n) is 3.20. The highest BCUT2D eigenvalue weighted by atomic mass is 16.1. The number of fused-ring (bicyclic) bond motifs is 1. The van der Waals surface area contributed by atoms with Crippen molar-refractivity contribution in [3.8, 4) is 5.69 Å². The van der Waals surface area contributed by atoms with Crippen LogP contribution >= 0.6 is 0 Å². The Kier molecular flexibility index (Phi) is 5.11. The Morgan fingerprint density at radius 1 is 1.22 bits per heavy atom. The van der Waals surface area contributed by atoms with Crippen LogP contribution in [0.2, 0.25) is 0 Å². The normalized spacial score (nSPS) is 13.6. The molecule has 4 heteroatoms. The molecule has 1 amide bonds. The second-order valence-electron chi connectivity index (χ2n) is 6.18. The highest BCUT2D eigenvalue weighted by Crippen LogP contribution is 2.25. The van der Waals surface area contributed by atoms with E-state index in [0.29, 0.717) is 13.0 Å².